The molecule has 0 fully saturated rings. The Morgan fingerprint density at radius 2 is 2.00 bits per heavy atom. The topological polar surface area (TPSA) is 41.1 Å². The first-order valence-electron chi connectivity index (χ1n) is 7.05. The minimum absolute atomic E-state index is 0.0427. The summed E-state index contributed by atoms with van der Waals surface area (Å²) in [6.07, 6.45) is 0. The summed E-state index contributed by atoms with van der Waals surface area (Å²) in [5.74, 6) is -0.0427. The van der Waals surface area contributed by atoms with Gasteiger partial charge in [0.1, 0.15) is 0 Å². The van der Waals surface area contributed by atoms with E-state index in [0.717, 1.165) is 15.6 Å². The summed E-state index contributed by atoms with van der Waals surface area (Å²) in [4.78, 5) is 11.9. The molecule has 2 aromatic rings. The molecule has 0 bridgehead atoms. The van der Waals surface area contributed by atoms with Gasteiger partial charge in [-0.2, -0.15) is 0 Å². The fourth-order valence-corrected chi connectivity index (χ4v) is 2.93. The molecule has 0 unspecified atom stereocenters. The van der Waals surface area contributed by atoms with Crippen LogP contribution in [-0.4, -0.2) is 12.5 Å². The Morgan fingerprint density at radius 1 is 1.23 bits per heavy atom. The molecule has 1 amide bonds. The number of hydrogen-bond acceptors (Lipinski definition) is 2. The highest BCUT2D eigenvalue weighted by molar-refractivity contribution is 9.10. The lowest BCUT2D eigenvalue weighted by molar-refractivity contribution is -0.120. The van der Waals surface area contributed by atoms with E-state index >= 15 is 0 Å². The first kappa shape index (κ1) is 17.0. The highest BCUT2D eigenvalue weighted by Gasteiger charge is 2.10. The maximum Gasteiger partial charge on any atom is 0.234 e. The van der Waals surface area contributed by atoms with E-state index in [4.69, 9.17) is 11.6 Å². The number of carbonyl (C=O) groups is 1. The van der Waals surface area contributed by atoms with E-state index in [-0.39, 0.29) is 18.5 Å². The van der Waals surface area contributed by atoms with Crippen molar-refractivity contribution in [1.82, 2.24) is 10.6 Å². The van der Waals surface area contributed by atoms with Crippen molar-refractivity contribution in [2.45, 2.75) is 19.5 Å². The normalized spacial score (nSPS) is 12.0. The molecule has 2 N–H and O–H groups in total. The lowest BCUT2D eigenvalue weighted by atomic mass is 10.1. The van der Waals surface area contributed by atoms with Gasteiger partial charge in [-0.05, 0) is 36.2 Å². The van der Waals surface area contributed by atoms with Gasteiger partial charge >= 0.3 is 0 Å². The monoisotopic (exact) mass is 380 g/mol. The quantitative estimate of drug-likeness (QED) is 0.792. The molecule has 22 heavy (non-hydrogen) atoms. The van der Waals surface area contributed by atoms with Crippen LogP contribution in [0.5, 0.6) is 0 Å². The molecule has 2 rings (SSSR count). The van der Waals surface area contributed by atoms with Gasteiger partial charge in [0.2, 0.25) is 5.91 Å². The summed E-state index contributed by atoms with van der Waals surface area (Å²) < 4.78 is 1.04. The van der Waals surface area contributed by atoms with E-state index in [9.17, 15) is 4.79 Å². The Hall–Kier alpha value is -1.36. The standard InChI is InChI=1S/C17H18BrClN2O/c1-12(15-7-2-3-8-16(15)18)20-11-17(22)21-10-13-5-4-6-14(19)9-13/h2-9,12,20H,10-11H2,1H3,(H,21,22)/t12-/m0/s1. The van der Waals surface area contributed by atoms with Crippen molar-refractivity contribution in [3.05, 3.63) is 69.2 Å². The molecule has 0 aliphatic heterocycles. The molecule has 0 aromatic heterocycles. The average Bonchev–Trinajstić information content (AvgIpc) is 2.51. The SMILES string of the molecule is C[C@H](NCC(=O)NCc1cccc(Cl)c1)c1ccccc1Br. The molecule has 2 aromatic carbocycles. The maximum absolute atomic E-state index is 11.9. The molecular formula is C17H18BrClN2O. The Bertz CT molecular complexity index is 648. The van der Waals surface area contributed by atoms with Crippen LogP contribution >= 0.6 is 27.5 Å². The average molecular weight is 382 g/mol. The Balaban J connectivity index is 1.79. The second-order valence-electron chi connectivity index (χ2n) is 5.03. The van der Waals surface area contributed by atoms with E-state index in [0.29, 0.717) is 11.6 Å². The molecule has 0 aliphatic rings. The van der Waals surface area contributed by atoms with Gasteiger partial charge in [-0.25, -0.2) is 0 Å². The molecule has 0 saturated carbocycles. The number of carbonyl (C=O) groups excluding carboxylic acids is 1. The van der Waals surface area contributed by atoms with Crippen LogP contribution in [0.3, 0.4) is 0 Å². The lowest BCUT2D eigenvalue weighted by Crippen LogP contribution is -2.34. The number of rotatable bonds is 6. The minimum Gasteiger partial charge on any atom is -0.351 e. The Morgan fingerprint density at radius 3 is 2.73 bits per heavy atom. The molecule has 0 radical (unpaired) electrons. The summed E-state index contributed by atoms with van der Waals surface area (Å²) >= 11 is 9.43. The second-order valence-corrected chi connectivity index (χ2v) is 6.32. The lowest BCUT2D eigenvalue weighted by Gasteiger charge is -2.15. The van der Waals surface area contributed by atoms with E-state index in [1.165, 1.54) is 0 Å². The molecule has 5 heteroatoms. The number of halogens is 2. The Kier molecular flexibility index (Phi) is 6.43. The first-order chi connectivity index (χ1) is 10.6. The van der Waals surface area contributed by atoms with E-state index in [2.05, 4.69) is 26.6 Å². The predicted octanol–water partition coefficient (Wildman–Crippen LogP) is 4.07. The van der Waals surface area contributed by atoms with Gasteiger partial charge in [0, 0.05) is 22.1 Å². The summed E-state index contributed by atoms with van der Waals surface area (Å²) in [6, 6.07) is 15.5. The van der Waals surface area contributed by atoms with Crippen LogP contribution in [0.15, 0.2) is 53.0 Å². The van der Waals surface area contributed by atoms with Gasteiger partial charge in [0.05, 0.1) is 6.54 Å². The van der Waals surface area contributed by atoms with Crippen LogP contribution in [0.25, 0.3) is 0 Å². The third-order valence-corrected chi connectivity index (χ3v) is 4.28. The number of hydrogen-bond donors (Lipinski definition) is 2. The van der Waals surface area contributed by atoms with Crippen LogP contribution in [0.4, 0.5) is 0 Å². The third kappa shape index (κ3) is 5.13. The summed E-state index contributed by atoms with van der Waals surface area (Å²) in [5, 5.41) is 6.77. The highest BCUT2D eigenvalue weighted by Crippen LogP contribution is 2.22. The van der Waals surface area contributed by atoms with Crippen molar-refractivity contribution in [3.63, 3.8) is 0 Å². The van der Waals surface area contributed by atoms with Crippen LogP contribution < -0.4 is 10.6 Å². The zero-order valence-electron chi connectivity index (χ0n) is 12.3. The fraction of sp³-hybridized carbons (Fsp3) is 0.235. The van der Waals surface area contributed by atoms with E-state index in [1.54, 1.807) is 0 Å². The molecular weight excluding hydrogens is 364 g/mol. The number of nitrogens with one attached hydrogen (secondary N) is 2. The second kappa shape index (κ2) is 8.32. The zero-order chi connectivity index (χ0) is 15.9. The van der Waals surface area contributed by atoms with E-state index in [1.807, 2.05) is 55.5 Å². The summed E-state index contributed by atoms with van der Waals surface area (Å²) in [6.45, 7) is 2.78. The van der Waals surface area contributed by atoms with Gasteiger partial charge in [0.25, 0.3) is 0 Å². The van der Waals surface area contributed by atoms with Crippen LogP contribution in [0, 0.1) is 0 Å². The smallest absolute Gasteiger partial charge is 0.234 e. The van der Waals surface area contributed by atoms with E-state index < -0.39 is 0 Å². The van der Waals surface area contributed by atoms with Crippen molar-refractivity contribution in [2.75, 3.05) is 6.54 Å². The summed E-state index contributed by atoms with van der Waals surface area (Å²) in [5.41, 5.74) is 2.12. The van der Waals surface area contributed by atoms with Crippen LogP contribution in [0.1, 0.15) is 24.1 Å². The van der Waals surface area contributed by atoms with Gasteiger partial charge in [-0.15, -0.1) is 0 Å². The number of amides is 1. The third-order valence-electron chi connectivity index (χ3n) is 3.32. The van der Waals surface area contributed by atoms with Crippen molar-refractivity contribution >= 4 is 33.4 Å². The van der Waals surface area contributed by atoms with Crippen LogP contribution in [0.2, 0.25) is 5.02 Å². The molecule has 0 saturated heterocycles. The largest absolute Gasteiger partial charge is 0.351 e. The van der Waals surface area contributed by atoms with Crippen molar-refractivity contribution in [3.8, 4) is 0 Å². The van der Waals surface area contributed by atoms with Crippen molar-refractivity contribution in [1.29, 1.82) is 0 Å². The first-order valence-corrected chi connectivity index (χ1v) is 8.22. The van der Waals surface area contributed by atoms with Crippen molar-refractivity contribution < 1.29 is 4.79 Å². The zero-order valence-corrected chi connectivity index (χ0v) is 14.6. The highest BCUT2D eigenvalue weighted by atomic mass is 79.9. The van der Waals surface area contributed by atoms with Gasteiger partial charge in [-0.1, -0.05) is 57.9 Å². The van der Waals surface area contributed by atoms with Gasteiger partial charge < -0.3 is 10.6 Å². The summed E-state index contributed by atoms with van der Waals surface area (Å²) in [7, 11) is 0. The molecule has 1 atom stereocenters. The minimum atomic E-state index is -0.0427. The van der Waals surface area contributed by atoms with Gasteiger partial charge in [0.15, 0.2) is 0 Å². The number of benzene rings is 2. The van der Waals surface area contributed by atoms with Crippen LogP contribution in [-0.2, 0) is 11.3 Å². The molecule has 3 nitrogen and oxygen atoms in total. The molecule has 0 heterocycles. The molecule has 0 aliphatic carbocycles. The van der Waals surface area contributed by atoms with Gasteiger partial charge in [-0.3, -0.25) is 4.79 Å². The maximum atomic E-state index is 11.9. The predicted molar refractivity (Wildman–Crippen MR) is 93.9 cm³/mol. The van der Waals surface area contributed by atoms with Crippen molar-refractivity contribution in [2.24, 2.45) is 0 Å². The molecule has 116 valence electrons. The Labute approximate surface area is 144 Å². The fourth-order valence-electron chi connectivity index (χ4n) is 2.09. The molecule has 0 spiro atoms.